The van der Waals surface area contributed by atoms with Gasteiger partial charge in [0.15, 0.2) is 0 Å². The molecule has 1 aliphatic heterocycles. The topological polar surface area (TPSA) is 70.2 Å². The summed E-state index contributed by atoms with van der Waals surface area (Å²) in [5, 5.41) is 10.00. The molecule has 2 heterocycles. The normalized spacial score (nSPS) is 17.0. The Labute approximate surface area is 182 Å². The Morgan fingerprint density at radius 1 is 1.23 bits per heavy atom. The average molecular weight is 417 g/mol. The number of rotatable bonds is 7. The molecular weight excluding hydrogens is 388 g/mol. The summed E-state index contributed by atoms with van der Waals surface area (Å²) in [4.78, 5) is 15.2. The number of para-hydroxylation sites is 1. The largest absolute Gasteiger partial charge is 0.496 e. The number of H-pyrrole nitrogens is 1. The summed E-state index contributed by atoms with van der Waals surface area (Å²) in [5.41, 5.74) is 3.89. The zero-order valence-corrected chi connectivity index (χ0v) is 17.8. The molecule has 160 valence electrons. The van der Waals surface area contributed by atoms with Crippen LogP contribution in [0.3, 0.4) is 0 Å². The molecule has 1 unspecified atom stereocenters. The number of methoxy groups -OCH3 is 1. The van der Waals surface area contributed by atoms with Crippen LogP contribution in [0.1, 0.15) is 18.4 Å². The standard InChI is InChI=1S/C25H28N4O2/c1-31-24-9-3-2-6-20(24)7-4-16-29-17-5-8-21(18-29)25(30)27-22-12-10-19(11-13-22)23-14-15-26-28-23/h2-4,6-7,9-15,21H,5,8,16-18H2,1H3,(H,26,28)(H,27,30)/b7-4+. The molecule has 31 heavy (non-hydrogen) atoms. The third-order valence-corrected chi connectivity index (χ3v) is 5.64. The number of nitrogens with one attached hydrogen (secondary N) is 2. The molecule has 0 spiro atoms. The minimum Gasteiger partial charge on any atom is -0.496 e. The van der Waals surface area contributed by atoms with Crippen molar-refractivity contribution in [1.82, 2.24) is 15.1 Å². The molecule has 6 nitrogen and oxygen atoms in total. The Bertz CT molecular complexity index is 1010. The lowest BCUT2D eigenvalue weighted by Crippen LogP contribution is -2.40. The maximum atomic E-state index is 12.8. The van der Waals surface area contributed by atoms with Crippen LogP contribution in [-0.4, -0.2) is 47.7 Å². The molecule has 4 rings (SSSR count). The average Bonchev–Trinajstić information content (AvgIpc) is 3.35. The Kier molecular flexibility index (Phi) is 6.79. The number of aromatic amines is 1. The van der Waals surface area contributed by atoms with Gasteiger partial charge in [-0.3, -0.25) is 14.8 Å². The number of hydrogen-bond donors (Lipinski definition) is 2. The first-order valence-electron chi connectivity index (χ1n) is 10.7. The van der Waals surface area contributed by atoms with Crippen LogP contribution in [0.4, 0.5) is 5.69 Å². The number of ether oxygens (including phenoxy) is 1. The van der Waals surface area contributed by atoms with Crippen LogP contribution in [0.5, 0.6) is 5.75 Å². The van der Waals surface area contributed by atoms with E-state index in [2.05, 4.69) is 32.6 Å². The van der Waals surface area contributed by atoms with E-state index in [-0.39, 0.29) is 11.8 Å². The van der Waals surface area contributed by atoms with Gasteiger partial charge in [-0.05, 0) is 49.2 Å². The quantitative estimate of drug-likeness (QED) is 0.597. The van der Waals surface area contributed by atoms with Crippen LogP contribution >= 0.6 is 0 Å². The third kappa shape index (κ3) is 5.41. The monoisotopic (exact) mass is 416 g/mol. The summed E-state index contributed by atoms with van der Waals surface area (Å²) in [6, 6.07) is 17.7. The highest BCUT2D eigenvalue weighted by atomic mass is 16.5. The second kappa shape index (κ2) is 10.1. The summed E-state index contributed by atoms with van der Waals surface area (Å²) in [7, 11) is 1.69. The summed E-state index contributed by atoms with van der Waals surface area (Å²) < 4.78 is 5.40. The van der Waals surface area contributed by atoms with Crippen molar-refractivity contribution in [3.8, 4) is 17.0 Å². The minimum atomic E-state index is 0.000644. The van der Waals surface area contributed by atoms with Crippen molar-refractivity contribution in [2.45, 2.75) is 12.8 Å². The molecular formula is C25H28N4O2. The lowest BCUT2D eigenvalue weighted by molar-refractivity contribution is -0.121. The fourth-order valence-electron chi connectivity index (χ4n) is 3.96. The fraction of sp³-hybridized carbons (Fsp3) is 0.280. The van der Waals surface area contributed by atoms with Crippen LogP contribution < -0.4 is 10.1 Å². The number of hydrogen-bond acceptors (Lipinski definition) is 4. The van der Waals surface area contributed by atoms with Gasteiger partial charge in [-0.15, -0.1) is 0 Å². The van der Waals surface area contributed by atoms with Gasteiger partial charge in [0.1, 0.15) is 5.75 Å². The van der Waals surface area contributed by atoms with E-state index < -0.39 is 0 Å². The molecule has 0 aliphatic carbocycles. The molecule has 2 N–H and O–H groups in total. The van der Waals surface area contributed by atoms with Crippen LogP contribution in [0.25, 0.3) is 17.3 Å². The van der Waals surface area contributed by atoms with E-state index in [0.717, 1.165) is 60.7 Å². The molecule has 1 amide bonds. The third-order valence-electron chi connectivity index (χ3n) is 5.64. The van der Waals surface area contributed by atoms with E-state index >= 15 is 0 Å². The van der Waals surface area contributed by atoms with E-state index in [0.29, 0.717) is 0 Å². The highest BCUT2D eigenvalue weighted by molar-refractivity contribution is 5.93. The van der Waals surface area contributed by atoms with Crippen LogP contribution in [0.15, 0.2) is 66.9 Å². The molecule has 1 atom stereocenters. The number of carbonyl (C=O) groups is 1. The number of benzene rings is 2. The van der Waals surface area contributed by atoms with Gasteiger partial charge in [0, 0.05) is 30.5 Å². The first-order chi connectivity index (χ1) is 15.2. The molecule has 1 aliphatic rings. The number of piperidine rings is 1. The maximum absolute atomic E-state index is 12.8. The number of aromatic nitrogens is 2. The number of likely N-dealkylation sites (tertiary alicyclic amines) is 1. The van der Waals surface area contributed by atoms with Crippen molar-refractivity contribution in [3.05, 3.63) is 72.4 Å². The van der Waals surface area contributed by atoms with E-state index in [4.69, 9.17) is 4.74 Å². The van der Waals surface area contributed by atoms with Crippen molar-refractivity contribution in [3.63, 3.8) is 0 Å². The molecule has 1 fully saturated rings. The minimum absolute atomic E-state index is 0.000644. The Morgan fingerprint density at radius 3 is 2.84 bits per heavy atom. The Hall–Kier alpha value is -3.38. The number of carbonyl (C=O) groups excluding carboxylic acids is 1. The lowest BCUT2D eigenvalue weighted by Gasteiger charge is -2.31. The first-order valence-corrected chi connectivity index (χ1v) is 10.7. The number of anilines is 1. The zero-order valence-electron chi connectivity index (χ0n) is 17.8. The molecule has 0 radical (unpaired) electrons. The smallest absolute Gasteiger partial charge is 0.228 e. The molecule has 0 saturated carbocycles. The van der Waals surface area contributed by atoms with Gasteiger partial charge >= 0.3 is 0 Å². The van der Waals surface area contributed by atoms with Crippen molar-refractivity contribution in [2.75, 3.05) is 32.1 Å². The SMILES string of the molecule is COc1ccccc1/C=C/CN1CCCC(C(=O)Nc2ccc(-c3ccn[nH]3)cc2)C1. The van der Waals surface area contributed by atoms with Crippen LogP contribution in [0, 0.1) is 5.92 Å². The van der Waals surface area contributed by atoms with Gasteiger partial charge in [0.05, 0.1) is 18.7 Å². The second-order valence-corrected chi connectivity index (χ2v) is 7.78. The predicted octanol–water partition coefficient (Wildman–Crippen LogP) is 4.45. The van der Waals surface area contributed by atoms with E-state index in [1.165, 1.54) is 0 Å². The molecule has 0 bridgehead atoms. The van der Waals surface area contributed by atoms with E-state index in [9.17, 15) is 4.79 Å². The van der Waals surface area contributed by atoms with Crippen molar-refractivity contribution < 1.29 is 9.53 Å². The lowest BCUT2D eigenvalue weighted by atomic mass is 9.97. The van der Waals surface area contributed by atoms with Gasteiger partial charge in [-0.2, -0.15) is 5.10 Å². The van der Waals surface area contributed by atoms with Crippen molar-refractivity contribution >= 4 is 17.7 Å². The highest BCUT2D eigenvalue weighted by Crippen LogP contribution is 2.22. The molecule has 1 saturated heterocycles. The maximum Gasteiger partial charge on any atom is 0.228 e. The fourth-order valence-corrected chi connectivity index (χ4v) is 3.96. The van der Waals surface area contributed by atoms with Crippen LogP contribution in [-0.2, 0) is 4.79 Å². The molecule has 6 heteroatoms. The van der Waals surface area contributed by atoms with Crippen molar-refractivity contribution in [2.24, 2.45) is 5.92 Å². The summed E-state index contributed by atoms with van der Waals surface area (Å²) in [6.07, 6.45) is 7.91. The van der Waals surface area contributed by atoms with Gasteiger partial charge in [-0.1, -0.05) is 42.5 Å². The first kappa shape index (κ1) is 20.9. The van der Waals surface area contributed by atoms with Gasteiger partial charge in [-0.25, -0.2) is 0 Å². The molecule has 3 aromatic rings. The van der Waals surface area contributed by atoms with Gasteiger partial charge in [0.25, 0.3) is 0 Å². The van der Waals surface area contributed by atoms with Crippen molar-refractivity contribution in [1.29, 1.82) is 0 Å². The number of nitrogens with zero attached hydrogens (tertiary/aromatic N) is 2. The summed E-state index contributed by atoms with van der Waals surface area (Å²) in [6.45, 7) is 2.61. The number of amides is 1. The van der Waals surface area contributed by atoms with E-state index in [1.54, 1.807) is 13.3 Å². The predicted molar refractivity (Wildman–Crippen MR) is 124 cm³/mol. The second-order valence-electron chi connectivity index (χ2n) is 7.78. The van der Waals surface area contributed by atoms with E-state index in [1.807, 2.05) is 54.6 Å². The summed E-state index contributed by atoms with van der Waals surface area (Å²) in [5.74, 6) is 0.960. The zero-order chi connectivity index (χ0) is 21.5. The van der Waals surface area contributed by atoms with Gasteiger partial charge < -0.3 is 10.1 Å². The Balaban J connectivity index is 1.30. The summed E-state index contributed by atoms with van der Waals surface area (Å²) >= 11 is 0. The molecule has 1 aromatic heterocycles. The van der Waals surface area contributed by atoms with Gasteiger partial charge in [0.2, 0.25) is 5.91 Å². The Morgan fingerprint density at radius 2 is 2.06 bits per heavy atom. The molecule has 2 aromatic carbocycles. The van der Waals surface area contributed by atoms with Crippen LogP contribution in [0.2, 0.25) is 0 Å². The highest BCUT2D eigenvalue weighted by Gasteiger charge is 2.25.